The van der Waals surface area contributed by atoms with Gasteiger partial charge in [-0.2, -0.15) is 0 Å². The first-order valence-corrected chi connectivity index (χ1v) is 8.87. The van der Waals surface area contributed by atoms with Gasteiger partial charge in [-0.15, -0.1) is 0 Å². The number of nitrogens with one attached hydrogen (secondary N) is 2. The van der Waals surface area contributed by atoms with Gasteiger partial charge in [0.1, 0.15) is 11.6 Å². The first-order chi connectivity index (χ1) is 12.6. The first kappa shape index (κ1) is 16.6. The Bertz CT molecular complexity index is 829. The predicted octanol–water partition coefficient (Wildman–Crippen LogP) is 2.11. The number of fused-ring (bicyclic) bond motifs is 1. The van der Waals surface area contributed by atoms with Crippen LogP contribution in [0.3, 0.4) is 0 Å². The third kappa shape index (κ3) is 2.82. The van der Waals surface area contributed by atoms with Gasteiger partial charge in [0.05, 0.1) is 11.4 Å². The number of anilines is 2. The van der Waals surface area contributed by atoms with Crippen molar-refractivity contribution in [2.45, 2.75) is 24.4 Å². The lowest BCUT2D eigenvalue weighted by Gasteiger charge is -2.44. The Morgan fingerprint density at radius 3 is 2.31 bits per heavy atom. The normalized spacial score (nSPS) is 19.3. The van der Waals surface area contributed by atoms with Crippen LogP contribution in [-0.4, -0.2) is 35.3 Å². The molecule has 2 aliphatic heterocycles. The molecule has 6 heteroatoms. The number of piperidine rings is 1. The fraction of sp³-hybridized carbons (Fsp3) is 0.300. The molecule has 0 aliphatic carbocycles. The maximum absolute atomic E-state index is 12.7. The Morgan fingerprint density at radius 1 is 1.00 bits per heavy atom. The summed E-state index contributed by atoms with van der Waals surface area (Å²) in [5.41, 5.74) is 8.01. The standard InChI is InChI=1S/C20H22N4O2/c21-17(14-6-2-1-3-7-14)18(25)24-12-10-20(11-13-24)19(26)22-15-8-4-5-9-16(15)23-20/h1-9,17,23H,10-13,21H2,(H,22,26). The SMILES string of the molecule is NC(C(=O)N1CCC2(CC1)Nc1ccccc1NC2=O)c1ccccc1. The van der Waals surface area contributed by atoms with E-state index in [-0.39, 0.29) is 11.8 Å². The number of likely N-dealkylation sites (tertiary alicyclic amines) is 1. The maximum atomic E-state index is 12.7. The molecule has 1 saturated heterocycles. The third-order valence-corrected chi connectivity index (χ3v) is 5.34. The zero-order valence-electron chi connectivity index (χ0n) is 14.4. The summed E-state index contributed by atoms with van der Waals surface area (Å²) in [7, 11) is 0. The van der Waals surface area contributed by atoms with Crippen molar-refractivity contribution < 1.29 is 9.59 Å². The molecule has 1 fully saturated rings. The molecule has 2 aliphatic rings. The summed E-state index contributed by atoms with van der Waals surface area (Å²) in [5, 5.41) is 6.38. The van der Waals surface area contributed by atoms with Gasteiger partial charge < -0.3 is 21.3 Å². The van der Waals surface area contributed by atoms with Crippen LogP contribution in [0.2, 0.25) is 0 Å². The van der Waals surface area contributed by atoms with E-state index in [1.807, 2.05) is 54.6 Å². The van der Waals surface area contributed by atoms with Crippen LogP contribution in [0.25, 0.3) is 0 Å². The van der Waals surface area contributed by atoms with E-state index in [9.17, 15) is 9.59 Å². The molecule has 1 spiro atoms. The second-order valence-corrected chi connectivity index (χ2v) is 6.92. The summed E-state index contributed by atoms with van der Waals surface area (Å²) in [5.74, 6) is -0.127. The van der Waals surface area contributed by atoms with E-state index in [2.05, 4.69) is 10.6 Å². The highest BCUT2D eigenvalue weighted by atomic mass is 16.2. The van der Waals surface area contributed by atoms with Crippen LogP contribution in [0.1, 0.15) is 24.4 Å². The molecule has 26 heavy (non-hydrogen) atoms. The van der Waals surface area contributed by atoms with Crippen LogP contribution < -0.4 is 16.4 Å². The summed E-state index contributed by atoms with van der Waals surface area (Å²) in [4.78, 5) is 27.2. The average Bonchev–Trinajstić information content (AvgIpc) is 2.69. The van der Waals surface area contributed by atoms with Gasteiger partial charge >= 0.3 is 0 Å². The van der Waals surface area contributed by atoms with Gasteiger partial charge in [-0.1, -0.05) is 42.5 Å². The quantitative estimate of drug-likeness (QED) is 0.774. The molecule has 134 valence electrons. The number of nitrogens with two attached hydrogens (primary N) is 1. The average molecular weight is 350 g/mol. The Morgan fingerprint density at radius 2 is 1.62 bits per heavy atom. The van der Waals surface area contributed by atoms with E-state index in [0.717, 1.165) is 16.9 Å². The lowest BCUT2D eigenvalue weighted by Crippen LogP contribution is -2.59. The monoisotopic (exact) mass is 350 g/mol. The van der Waals surface area contributed by atoms with E-state index in [1.54, 1.807) is 4.90 Å². The van der Waals surface area contributed by atoms with Crippen molar-refractivity contribution >= 4 is 23.2 Å². The van der Waals surface area contributed by atoms with Crippen molar-refractivity contribution in [1.82, 2.24) is 4.90 Å². The van der Waals surface area contributed by atoms with Crippen LogP contribution in [0.4, 0.5) is 11.4 Å². The number of hydrogen-bond acceptors (Lipinski definition) is 4. The molecule has 4 rings (SSSR count). The van der Waals surface area contributed by atoms with E-state index in [4.69, 9.17) is 5.73 Å². The highest BCUT2D eigenvalue weighted by Crippen LogP contribution is 2.36. The number of para-hydroxylation sites is 2. The first-order valence-electron chi connectivity index (χ1n) is 8.87. The van der Waals surface area contributed by atoms with Gasteiger partial charge in [0.2, 0.25) is 11.8 Å². The molecule has 0 radical (unpaired) electrons. The zero-order valence-corrected chi connectivity index (χ0v) is 14.4. The third-order valence-electron chi connectivity index (χ3n) is 5.34. The second kappa shape index (κ2) is 6.46. The molecule has 0 saturated carbocycles. The fourth-order valence-corrected chi connectivity index (χ4v) is 3.72. The lowest BCUT2D eigenvalue weighted by atomic mass is 9.84. The van der Waals surface area contributed by atoms with Gasteiger partial charge in [-0.25, -0.2) is 0 Å². The molecule has 6 nitrogen and oxygen atoms in total. The topological polar surface area (TPSA) is 87.5 Å². The highest BCUT2D eigenvalue weighted by Gasteiger charge is 2.45. The predicted molar refractivity (Wildman–Crippen MR) is 101 cm³/mol. The molecule has 1 unspecified atom stereocenters. The van der Waals surface area contributed by atoms with Gasteiger partial charge in [-0.05, 0) is 30.5 Å². The molecule has 4 N–H and O–H groups in total. The van der Waals surface area contributed by atoms with Crippen molar-refractivity contribution in [2.24, 2.45) is 5.73 Å². The van der Waals surface area contributed by atoms with E-state index >= 15 is 0 Å². The summed E-state index contributed by atoms with van der Waals surface area (Å²) >= 11 is 0. The van der Waals surface area contributed by atoms with Crippen LogP contribution >= 0.6 is 0 Å². The van der Waals surface area contributed by atoms with Gasteiger partial charge in [0.15, 0.2) is 0 Å². The van der Waals surface area contributed by atoms with E-state index < -0.39 is 11.6 Å². The highest BCUT2D eigenvalue weighted by molar-refractivity contribution is 6.06. The van der Waals surface area contributed by atoms with Crippen molar-refractivity contribution in [1.29, 1.82) is 0 Å². The number of nitrogens with zero attached hydrogens (tertiary/aromatic N) is 1. The molecule has 0 bridgehead atoms. The largest absolute Gasteiger partial charge is 0.369 e. The molecule has 2 heterocycles. The van der Waals surface area contributed by atoms with Crippen molar-refractivity contribution in [3.05, 3.63) is 60.2 Å². The Kier molecular flexibility index (Phi) is 4.12. The number of carbonyl (C=O) groups excluding carboxylic acids is 2. The van der Waals surface area contributed by atoms with Crippen LogP contribution in [0.15, 0.2) is 54.6 Å². The van der Waals surface area contributed by atoms with E-state index in [1.165, 1.54) is 0 Å². The summed E-state index contributed by atoms with van der Waals surface area (Å²) in [6.45, 7) is 1.00. The van der Waals surface area contributed by atoms with Crippen molar-refractivity contribution in [3.63, 3.8) is 0 Å². The fourth-order valence-electron chi connectivity index (χ4n) is 3.72. The Labute approximate surface area is 152 Å². The maximum Gasteiger partial charge on any atom is 0.250 e. The number of hydrogen-bond donors (Lipinski definition) is 3. The minimum atomic E-state index is -0.667. The Balaban J connectivity index is 1.46. The smallest absolute Gasteiger partial charge is 0.250 e. The number of benzene rings is 2. The minimum absolute atomic E-state index is 0.0318. The Hall–Kier alpha value is -2.86. The molecule has 0 aromatic heterocycles. The van der Waals surface area contributed by atoms with E-state index in [0.29, 0.717) is 25.9 Å². The second-order valence-electron chi connectivity index (χ2n) is 6.92. The zero-order chi connectivity index (χ0) is 18.1. The molecule has 2 amide bonds. The van der Waals surface area contributed by atoms with Crippen LogP contribution in [-0.2, 0) is 9.59 Å². The summed E-state index contributed by atoms with van der Waals surface area (Å²) in [6.07, 6.45) is 1.11. The number of carbonyl (C=O) groups is 2. The molecular formula is C20H22N4O2. The molecular weight excluding hydrogens is 328 g/mol. The lowest BCUT2D eigenvalue weighted by molar-refractivity contribution is -0.136. The van der Waals surface area contributed by atoms with Crippen LogP contribution in [0.5, 0.6) is 0 Å². The molecule has 1 atom stereocenters. The van der Waals surface area contributed by atoms with Gasteiger partial charge in [0.25, 0.3) is 0 Å². The van der Waals surface area contributed by atoms with Crippen molar-refractivity contribution in [3.8, 4) is 0 Å². The van der Waals surface area contributed by atoms with Gasteiger partial charge in [-0.3, -0.25) is 9.59 Å². The molecule has 2 aromatic rings. The van der Waals surface area contributed by atoms with Crippen molar-refractivity contribution in [2.75, 3.05) is 23.7 Å². The minimum Gasteiger partial charge on any atom is -0.369 e. The van der Waals surface area contributed by atoms with Gasteiger partial charge in [0, 0.05) is 13.1 Å². The molecule has 2 aromatic carbocycles. The van der Waals surface area contributed by atoms with Crippen LogP contribution in [0, 0.1) is 0 Å². The summed E-state index contributed by atoms with van der Waals surface area (Å²) < 4.78 is 0. The number of amides is 2. The number of rotatable bonds is 2. The summed E-state index contributed by atoms with van der Waals surface area (Å²) in [6, 6.07) is 16.4.